The molecule has 0 aliphatic carbocycles. The van der Waals surface area contributed by atoms with Gasteiger partial charge < -0.3 is 15.0 Å². The van der Waals surface area contributed by atoms with Crippen LogP contribution in [0.15, 0.2) is 53.6 Å². The van der Waals surface area contributed by atoms with Gasteiger partial charge in [-0.25, -0.2) is 9.82 Å². The molecule has 1 aliphatic rings. The molecule has 1 heterocycles. The summed E-state index contributed by atoms with van der Waals surface area (Å²) in [5, 5.41) is 6.85. The normalized spacial score (nSPS) is 14.4. The minimum Gasteiger partial charge on any atom is -0.378 e. The molecular formula is C19H21FN4O2. The molecule has 0 atom stereocenters. The Kier molecular flexibility index (Phi) is 6.16. The van der Waals surface area contributed by atoms with Crippen molar-refractivity contribution in [2.75, 3.05) is 43.1 Å². The Hall–Kier alpha value is -2.93. The van der Waals surface area contributed by atoms with Gasteiger partial charge in [0, 0.05) is 24.5 Å². The predicted octanol–water partition coefficient (Wildman–Crippen LogP) is 2.22. The van der Waals surface area contributed by atoms with Crippen LogP contribution in [0.5, 0.6) is 0 Å². The lowest BCUT2D eigenvalue weighted by Gasteiger charge is -2.28. The van der Waals surface area contributed by atoms with Crippen molar-refractivity contribution in [3.63, 3.8) is 0 Å². The molecule has 0 spiro atoms. The zero-order chi connectivity index (χ0) is 18.2. The standard InChI is InChI=1S/C19H21FN4O2/c20-16-3-5-17(6-4-16)21-14-19(25)23-22-13-15-1-7-18(8-2-15)24-9-11-26-12-10-24/h1-8,13,21H,9-12,14H2,(H,23,25)/b22-13+. The van der Waals surface area contributed by atoms with Crippen molar-refractivity contribution in [2.45, 2.75) is 0 Å². The number of ether oxygens (including phenoxy) is 1. The summed E-state index contributed by atoms with van der Waals surface area (Å²) >= 11 is 0. The lowest BCUT2D eigenvalue weighted by molar-refractivity contribution is -0.119. The molecular weight excluding hydrogens is 335 g/mol. The van der Waals surface area contributed by atoms with Gasteiger partial charge in [-0.2, -0.15) is 5.10 Å². The highest BCUT2D eigenvalue weighted by atomic mass is 19.1. The number of carbonyl (C=O) groups excluding carboxylic acids is 1. The third-order valence-electron chi connectivity index (χ3n) is 3.97. The maximum absolute atomic E-state index is 12.8. The first kappa shape index (κ1) is 17.9. The maximum Gasteiger partial charge on any atom is 0.259 e. The fraction of sp³-hybridized carbons (Fsp3) is 0.263. The number of morpholine rings is 1. The molecule has 6 nitrogen and oxygen atoms in total. The molecule has 26 heavy (non-hydrogen) atoms. The monoisotopic (exact) mass is 356 g/mol. The molecule has 2 N–H and O–H groups in total. The number of hydrazone groups is 1. The van der Waals surface area contributed by atoms with Crippen LogP contribution in [-0.2, 0) is 9.53 Å². The first-order chi connectivity index (χ1) is 12.7. The fourth-order valence-corrected chi connectivity index (χ4v) is 2.56. The molecule has 1 fully saturated rings. The number of hydrogen-bond donors (Lipinski definition) is 2. The number of benzene rings is 2. The van der Waals surface area contributed by atoms with Crippen LogP contribution in [0.2, 0.25) is 0 Å². The lowest BCUT2D eigenvalue weighted by Crippen LogP contribution is -2.36. The summed E-state index contributed by atoms with van der Waals surface area (Å²) in [5.41, 5.74) is 5.18. The van der Waals surface area contributed by atoms with Crippen molar-refractivity contribution in [3.8, 4) is 0 Å². The lowest BCUT2D eigenvalue weighted by atomic mass is 10.2. The highest BCUT2D eigenvalue weighted by Gasteiger charge is 2.10. The number of hydrogen-bond acceptors (Lipinski definition) is 5. The van der Waals surface area contributed by atoms with Gasteiger partial charge in [0.1, 0.15) is 5.82 Å². The van der Waals surface area contributed by atoms with Crippen LogP contribution in [0.1, 0.15) is 5.56 Å². The van der Waals surface area contributed by atoms with E-state index in [2.05, 4.69) is 20.7 Å². The minimum absolute atomic E-state index is 0.0545. The van der Waals surface area contributed by atoms with E-state index in [1.165, 1.54) is 12.1 Å². The van der Waals surface area contributed by atoms with Crippen LogP contribution in [-0.4, -0.2) is 45.0 Å². The predicted molar refractivity (Wildman–Crippen MR) is 100 cm³/mol. The highest BCUT2D eigenvalue weighted by molar-refractivity contribution is 5.84. The SMILES string of the molecule is O=C(CNc1ccc(F)cc1)N/N=C/c1ccc(N2CCOCC2)cc1. The van der Waals surface area contributed by atoms with Crippen LogP contribution in [0.4, 0.5) is 15.8 Å². The van der Waals surface area contributed by atoms with Crippen LogP contribution >= 0.6 is 0 Å². The van der Waals surface area contributed by atoms with E-state index in [1.807, 2.05) is 24.3 Å². The van der Waals surface area contributed by atoms with E-state index in [0.29, 0.717) is 5.69 Å². The molecule has 0 aromatic heterocycles. The van der Waals surface area contributed by atoms with Crippen molar-refractivity contribution in [1.29, 1.82) is 0 Å². The van der Waals surface area contributed by atoms with Crippen LogP contribution in [0, 0.1) is 5.82 Å². The Labute approximate surface area is 151 Å². The zero-order valence-electron chi connectivity index (χ0n) is 14.3. The summed E-state index contributed by atoms with van der Waals surface area (Å²) < 4.78 is 18.2. The largest absolute Gasteiger partial charge is 0.378 e. The van der Waals surface area contributed by atoms with E-state index in [9.17, 15) is 9.18 Å². The van der Waals surface area contributed by atoms with E-state index in [4.69, 9.17) is 4.74 Å². The molecule has 0 unspecified atom stereocenters. The van der Waals surface area contributed by atoms with Crippen molar-refractivity contribution < 1.29 is 13.9 Å². The number of nitrogens with zero attached hydrogens (tertiary/aromatic N) is 2. The van der Waals surface area contributed by atoms with Crippen molar-refractivity contribution in [3.05, 3.63) is 59.9 Å². The zero-order valence-corrected chi connectivity index (χ0v) is 14.3. The van der Waals surface area contributed by atoms with Crippen LogP contribution in [0.3, 0.4) is 0 Å². The average Bonchev–Trinajstić information content (AvgIpc) is 2.69. The summed E-state index contributed by atoms with van der Waals surface area (Å²) in [6.45, 7) is 3.34. The Morgan fingerprint density at radius 1 is 1.12 bits per heavy atom. The summed E-state index contributed by atoms with van der Waals surface area (Å²) in [6.07, 6.45) is 1.60. The number of nitrogens with one attached hydrogen (secondary N) is 2. The molecule has 3 rings (SSSR count). The van der Waals surface area contributed by atoms with Crippen molar-refractivity contribution in [2.24, 2.45) is 5.10 Å². The second-order valence-electron chi connectivity index (χ2n) is 5.84. The van der Waals surface area contributed by atoms with E-state index in [0.717, 1.165) is 37.6 Å². The Bertz CT molecular complexity index is 741. The summed E-state index contributed by atoms with van der Waals surface area (Å²) in [5.74, 6) is -0.597. The summed E-state index contributed by atoms with van der Waals surface area (Å²) in [6, 6.07) is 13.8. The van der Waals surface area contributed by atoms with Gasteiger partial charge in [0.05, 0.1) is 26.0 Å². The molecule has 136 valence electrons. The minimum atomic E-state index is -0.316. The smallest absolute Gasteiger partial charge is 0.259 e. The molecule has 0 bridgehead atoms. The van der Waals surface area contributed by atoms with Crippen molar-refractivity contribution in [1.82, 2.24) is 5.43 Å². The van der Waals surface area contributed by atoms with Gasteiger partial charge in [-0.3, -0.25) is 4.79 Å². The Morgan fingerprint density at radius 2 is 1.81 bits per heavy atom. The average molecular weight is 356 g/mol. The van der Waals surface area contributed by atoms with Gasteiger partial charge in [-0.05, 0) is 42.0 Å². The summed E-state index contributed by atoms with van der Waals surface area (Å²) in [4.78, 5) is 14.0. The molecule has 0 saturated carbocycles. The Morgan fingerprint density at radius 3 is 2.50 bits per heavy atom. The topological polar surface area (TPSA) is 66.0 Å². The number of amides is 1. The van der Waals surface area contributed by atoms with E-state index in [-0.39, 0.29) is 18.3 Å². The third kappa shape index (κ3) is 5.29. The molecule has 0 radical (unpaired) electrons. The van der Waals surface area contributed by atoms with Crippen LogP contribution in [0.25, 0.3) is 0 Å². The molecule has 7 heteroatoms. The number of carbonyl (C=O) groups is 1. The third-order valence-corrected chi connectivity index (χ3v) is 3.97. The number of anilines is 2. The second-order valence-corrected chi connectivity index (χ2v) is 5.84. The Balaban J connectivity index is 1.44. The molecule has 2 aromatic rings. The van der Waals surface area contributed by atoms with Gasteiger partial charge in [-0.15, -0.1) is 0 Å². The van der Waals surface area contributed by atoms with Crippen molar-refractivity contribution >= 4 is 23.5 Å². The molecule has 1 amide bonds. The van der Waals surface area contributed by atoms with Gasteiger partial charge in [-0.1, -0.05) is 12.1 Å². The maximum atomic E-state index is 12.8. The van der Waals surface area contributed by atoms with E-state index < -0.39 is 0 Å². The van der Waals surface area contributed by atoms with Crippen LogP contribution < -0.4 is 15.6 Å². The quantitative estimate of drug-likeness (QED) is 0.615. The number of halogens is 1. The number of rotatable bonds is 6. The second kappa shape index (κ2) is 8.96. The van der Waals surface area contributed by atoms with Gasteiger partial charge in [0.15, 0.2) is 0 Å². The van der Waals surface area contributed by atoms with Gasteiger partial charge in [0.2, 0.25) is 0 Å². The first-order valence-corrected chi connectivity index (χ1v) is 8.45. The van der Waals surface area contributed by atoms with Gasteiger partial charge in [0.25, 0.3) is 5.91 Å². The summed E-state index contributed by atoms with van der Waals surface area (Å²) in [7, 11) is 0. The van der Waals surface area contributed by atoms with E-state index in [1.54, 1.807) is 18.3 Å². The fourth-order valence-electron chi connectivity index (χ4n) is 2.56. The van der Waals surface area contributed by atoms with Gasteiger partial charge >= 0.3 is 0 Å². The highest BCUT2D eigenvalue weighted by Crippen LogP contribution is 2.15. The molecule has 2 aromatic carbocycles. The molecule has 1 saturated heterocycles. The van der Waals surface area contributed by atoms with E-state index >= 15 is 0 Å². The first-order valence-electron chi connectivity index (χ1n) is 8.45. The molecule has 1 aliphatic heterocycles.